The van der Waals surface area contributed by atoms with E-state index in [4.69, 9.17) is 5.11 Å². The molecular formula is C13H18N4O3. The Kier molecular flexibility index (Phi) is 4.16. The van der Waals surface area contributed by atoms with Gasteiger partial charge in [0.2, 0.25) is 0 Å². The van der Waals surface area contributed by atoms with Crippen LogP contribution in [-0.2, 0) is 4.79 Å². The van der Waals surface area contributed by atoms with Crippen molar-refractivity contribution in [2.24, 2.45) is 5.92 Å². The second-order valence-electron chi connectivity index (χ2n) is 5.17. The Hall–Kier alpha value is -2.18. The minimum absolute atomic E-state index is 0.134. The average Bonchev–Trinajstić information content (AvgIpc) is 3.23. The van der Waals surface area contributed by atoms with Crippen molar-refractivity contribution in [3.8, 4) is 0 Å². The van der Waals surface area contributed by atoms with Crippen molar-refractivity contribution in [2.75, 3.05) is 18.9 Å². The molecule has 2 amide bonds. The third-order valence-corrected chi connectivity index (χ3v) is 3.23. The highest BCUT2D eigenvalue weighted by atomic mass is 16.4. The second kappa shape index (κ2) is 5.85. The van der Waals surface area contributed by atoms with E-state index >= 15 is 0 Å². The minimum atomic E-state index is -0.932. The summed E-state index contributed by atoms with van der Waals surface area (Å²) < 4.78 is 0. The number of hydrogen-bond acceptors (Lipinski definition) is 4. The van der Waals surface area contributed by atoms with Crippen LogP contribution in [-0.4, -0.2) is 45.8 Å². The standard InChI is InChI=1S/C13H18N4O3/c1-8(12(18)19)7-17(2)13(20)14-11-6-5-10(15-16-11)9-3-4-9/h5-6,8-9H,3-4,7H2,1-2H3,(H,18,19)(H,14,16,20). The van der Waals surface area contributed by atoms with Gasteiger partial charge in [0, 0.05) is 19.5 Å². The fourth-order valence-corrected chi connectivity index (χ4v) is 1.78. The molecule has 20 heavy (non-hydrogen) atoms. The van der Waals surface area contributed by atoms with E-state index in [9.17, 15) is 9.59 Å². The monoisotopic (exact) mass is 278 g/mol. The van der Waals surface area contributed by atoms with Crippen LogP contribution in [0.15, 0.2) is 12.1 Å². The number of amides is 2. The fourth-order valence-electron chi connectivity index (χ4n) is 1.78. The maximum absolute atomic E-state index is 11.9. The third kappa shape index (κ3) is 3.66. The SMILES string of the molecule is CC(CN(C)C(=O)Nc1ccc(C2CC2)nn1)C(=O)O. The molecule has 1 heterocycles. The number of aliphatic carboxylic acids is 1. The van der Waals surface area contributed by atoms with Gasteiger partial charge >= 0.3 is 12.0 Å². The van der Waals surface area contributed by atoms with Crippen LogP contribution in [0.3, 0.4) is 0 Å². The van der Waals surface area contributed by atoms with Crippen molar-refractivity contribution < 1.29 is 14.7 Å². The molecule has 0 bridgehead atoms. The zero-order chi connectivity index (χ0) is 14.7. The van der Waals surface area contributed by atoms with E-state index in [1.54, 1.807) is 20.0 Å². The van der Waals surface area contributed by atoms with Gasteiger partial charge in [0.15, 0.2) is 5.82 Å². The Balaban J connectivity index is 1.88. The zero-order valence-electron chi connectivity index (χ0n) is 11.5. The lowest BCUT2D eigenvalue weighted by Crippen LogP contribution is -2.36. The summed E-state index contributed by atoms with van der Waals surface area (Å²) in [6.07, 6.45) is 2.30. The topological polar surface area (TPSA) is 95.4 Å². The molecule has 1 unspecified atom stereocenters. The summed E-state index contributed by atoms with van der Waals surface area (Å²) in [4.78, 5) is 23.9. The highest BCUT2D eigenvalue weighted by molar-refractivity contribution is 5.88. The molecule has 0 spiro atoms. The fraction of sp³-hybridized carbons (Fsp3) is 0.538. The predicted molar refractivity (Wildman–Crippen MR) is 72.5 cm³/mol. The van der Waals surface area contributed by atoms with E-state index in [0.717, 1.165) is 18.5 Å². The maximum Gasteiger partial charge on any atom is 0.322 e. The summed E-state index contributed by atoms with van der Waals surface area (Å²) in [6.45, 7) is 1.69. The van der Waals surface area contributed by atoms with Crippen LogP contribution >= 0.6 is 0 Å². The van der Waals surface area contributed by atoms with Crippen LogP contribution in [0.1, 0.15) is 31.4 Å². The van der Waals surface area contributed by atoms with Crippen LogP contribution in [0.25, 0.3) is 0 Å². The van der Waals surface area contributed by atoms with Gasteiger partial charge in [0.05, 0.1) is 11.6 Å². The van der Waals surface area contributed by atoms with Crippen LogP contribution in [0.2, 0.25) is 0 Å². The Morgan fingerprint density at radius 1 is 1.45 bits per heavy atom. The van der Waals surface area contributed by atoms with Crippen molar-refractivity contribution in [1.82, 2.24) is 15.1 Å². The molecule has 1 fully saturated rings. The maximum atomic E-state index is 11.9. The number of nitrogens with one attached hydrogen (secondary N) is 1. The number of aromatic nitrogens is 2. The largest absolute Gasteiger partial charge is 0.481 e. The first-order chi connectivity index (χ1) is 9.47. The molecule has 1 saturated carbocycles. The van der Waals surface area contributed by atoms with Gasteiger partial charge in [0.25, 0.3) is 0 Å². The highest BCUT2D eigenvalue weighted by Gasteiger charge is 2.25. The van der Waals surface area contributed by atoms with Crippen LogP contribution in [0.4, 0.5) is 10.6 Å². The summed E-state index contributed by atoms with van der Waals surface area (Å²) in [5.41, 5.74) is 0.954. The number of carbonyl (C=O) groups excluding carboxylic acids is 1. The molecule has 0 aliphatic heterocycles. The first-order valence-electron chi connectivity index (χ1n) is 6.56. The lowest BCUT2D eigenvalue weighted by Gasteiger charge is -2.19. The minimum Gasteiger partial charge on any atom is -0.481 e. The Morgan fingerprint density at radius 2 is 2.15 bits per heavy atom. The molecule has 1 aromatic heterocycles. The van der Waals surface area contributed by atoms with Crippen molar-refractivity contribution in [1.29, 1.82) is 0 Å². The van der Waals surface area contributed by atoms with Crippen molar-refractivity contribution in [3.63, 3.8) is 0 Å². The number of carboxylic acid groups (broad SMARTS) is 1. The van der Waals surface area contributed by atoms with Crippen LogP contribution in [0, 0.1) is 5.92 Å². The first kappa shape index (κ1) is 14.2. The van der Waals surface area contributed by atoms with Crippen LogP contribution in [0.5, 0.6) is 0 Å². The van der Waals surface area contributed by atoms with Gasteiger partial charge in [-0.05, 0) is 25.0 Å². The number of rotatable bonds is 5. The normalized spacial score (nSPS) is 15.5. The quantitative estimate of drug-likeness (QED) is 0.851. The molecule has 1 aliphatic carbocycles. The Bertz CT molecular complexity index is 499. The number of anilines is 1. The lowest BCUT2D eigenvalue weighted by molar-refractivity contribution is -0.141. The number of hydrogen-bond donors (Lipinski definition) is 2. The van der Waals surface area contributed by atoms with Crippen molar-refractivity contribution in [2.45, 2.75) is 25.7 Å². The van der Waals surface area contributed by atoms with Gasteiger partial charge in [0.1, 0.15) is 0 Å². The molecule has 0 aromatic carbocycles. The van der Waals surface area contributed by atoms with Gasteiger partial charge in [-0.1, -0.05) is 6.92 Å². The van der Waals surface area contributed by atoms with Gasteiger partial charge < -0.3 is 10.0 Å². The van der Waals surface area contributed by atoms with Gasteiger partial charge in [-0.15, -0.1) is 5.10 Å². The molecule has 1 atom stereocenters. The second-order valence-corrected chi connectivity index (χ2v) is 5.17. The smallest absolute Gasteiger partial charge is 0.322 e. The van der Waals surface area contributed by atoms with Gasteiger partial charge in [-0.2, -0.15) is 5.10 Å². The van der Waals surface area contributed by atoms with Gasteiger partial charge in [-0.3, -0.25) is 10.1 Å². The highest BCUT2D eigenvalue weighted by Crippen LogP contribution is 2.38. The van der Waals surface area contributed by atoms with E-state index in [1.165, 1.54) is 4.90 Å². The molecule has 7 heteroatoms. The molecule has 2 N–H and O–H groups in total. The Labute approximate surface area is 117 Å². The molecule has 7 nitrogen and oxygen atoms in total. The molecule has 1 aliphatic rings. The zero-order valence-corrected chi connectivity index (χ0v) is 11.5. The first-order valence-corrected chi connectivity index (χ1v) is 6.56. The van der Waals surface area contributed by atoms with E-state index < -0.39 is 17.9 Å². The van der Waals surface area contributed by atoms with E-state index in [0.29, 0.717) is 11.7 Å². The number of urea groups is 1. The predicted octanol–water partition coefficient (Wildman–Crippen LogP) is 1.54. The molecule has 0 radical (unpaired) electrons. The lowest BCUT2D eigenvalue weighted by atomic mass is 10.2. The van der Waals surface area contributed by atoms with E-state index in [2.05, 4.69) is 15.5 Å². The molecule has 1 aromatic rings. The van der Waals surface area contributed by atoms with Crippen molar-refractivity contribution in [3.05, 3.63) is 17.8 Å². The average molecular weight is 278 g/mol. The summed E-state index contributed by atoms with van der Waals surface area (Å²) in [6, 6.07) is 3.18. The summed E-state index contributed by atoms with van der Waals surface area (Å²) in [7, 11) is 1.54. The summed E-state index contributed by atoms with van der Waals surface area (Å²) >= 11 is 0. The summed E-state index contributed by atoms with van der Waals surface area (Å²) in [5.74, 6) is -0.659. The molecular weight excluding hydrogens is 260 g/mol. The van der Waals surface area contributed by atoms with Crippen molar-refractivity contribution >= 4 is 17.8 Å². The molecule has 108 valence electrons. The third-order valence-electron chi connectivity index (χ3n) is 3.23. The van der Waals surface area contributed by atoms with Crippen LogP contribution < -0.4 is 5.32 Å². The van der Waals surface area contributed by atoms with E-state index in [-0.39, 0.29) is 6.54 Å². The van der Waals surface area contributed by atoms with E-state index in [1.807, 2.05) is 6.07 Å². The summed E-state index contributed by atoms with van der Waals surface area (Å²) in [5, 5.41) is 19.4. The van der Waals surface area contributed by atoms with Gasteiger partial charge in [-0.25, -0.2) is 4.79 Å². The number of carboxylic acids is 1. The molecule has 0 saturated heterocycles. The number of nitrogens with zero attached hydrogens (tertiary/aromatic N) is 3. The Morgan fingerprint density at radius 3 is 2.65 bits per heavy atom. The molecule has 2 rings (SSSR count). The number of carbonyl (C=O) groups is 2.